The van der Waals surface area contributed by atoms with E-state index in [0.717, 1.165) is 21.9 Å². The number of rotatable bonds is 3. The summed E-state index contributed by atoms with van der Waals surface area (Å²) in [6.45, 7) is 7.98. The number of anilines is 1. The molecule has 1 aromatic heterocycles. The quantitative estimate of drug-likeness (QED) is 0.580. The molecule has 1 fully saturated rings. The van der Waals surface area contributed by atoms with Crippen molar-refractivity contribution in [2.24, 2.45) is 0 Å². The molecule has 1 aliphatic rings. The lowest BCUT2D eigenvalue weighted by atomic mass is 10.1. The largest absolute Gasteiger partial charge is 0.346 e. The maximum atomic E-state index is 13.0. The minimum absolute atomic E-state index is 0.0550. The van der Waals surface area contributed by atoms with Gasteiger partial charge in [-0.25, -0.2) is 9.69 Å². The first-order valence-electron chi connectivity index (χ1n) is 8.67. The summed E-state index contributed by atoms with van der Waals surface area (Å²) in [6.07, 6.45) is 1.50. The third-order valence-electron chi connectivity index (χ3n) is 4.61. The second kappa shape index (κ2) is 7.45. The van der Waals surface area contributed by atoms with Gasteiger partial charge in [-0.2, -0.15) is 0 Å². The molecule has 0 aliphatic carbocycles. The number of hydrogen-bond acceptors (Lipinski definition) is 3. The summed E-state index contributed by atoms with van der Waals surface area (Å²) in [5.41, 5.74) is 2.62. The number of hydrogen-bond donors (Lipinski definition) is 1. The highest BCUT2D eigenvalue weighted by Crippen LogP contribution is 2.34. The molecule has 0 unspecified atom stereocenters. The Labute approximate surface area is 172 Å². The number of urea groups is 1. The smallest absolute Gasteiger partial charge is 0.336 e. The van der Waals surface area contributed by atoms with E-state index >= 15 is 0 Å². The molecule has 6 nitrogen and oxygen atoms in total. The molecule has 3 rings (SSSR count). The highest BCUT2D eigenvalue weighted by atomic mass is 35.5. The molecule has 1 N–H and O–H groups in total. The van der Waals surface area contributed by atoms with Gasteiger partial charge < -0.3 is 4.57 Å². The van der Waals surface area contributed by atoms with Crippen LogP contribution in [0.1, 0.15) is 36.8 Å². The van der Waals surface area contributed by atoms with Gasteiger partial charge in [0.05, 0.1) is 15.7 Å². The van der Waals surface area contributed by atoms with E-state index in [4.69, 9.17) is 23.2 Å². The number of benzene rings is 1. The van der Waals surface area contributed by atoms with Gasteiger partial charge in [-0.05, 0) is 57.5 Å². The summed E-state index contributed by atoms with van der Waals surface area (Å²) in [4.78, 5) is 38.5. The Morgan fingerprint density at radius 2 is 1.79 bits per heavy atom. The van der Waals surface area contributed by atoms with Gasteiger partial charge in [-0.1, -0.05) is 29.3 Å². The van der Waals surface area contributed by atoms with Crippen LogP contribution in [0.3, 0.4) is 0 Å². The van der Waals surface area contributed by atoms with Crippen LogP contribution in [-0.4, -0.2) is 22.4 Å². The van der Waals surface area contributed by atoms with Crippen molar-refractivity contribution in [3.63, 3.8) is 0 Å². The fourth-order valence-corrected chi connectivity index (χ4v) is 3.82. The van der Waals surface area contributed by atoms with Crippen molar-refractivity contribution >= 4 is 52.8 Å². The van der Waals surface area contributed by atoms with Gasteiger partial charge in [0.1, 0.15) is 5.57 Å². The Balaban J connectivity index is 2.10. The van der Waals surface area contributed by atoms with Crippen LogP contribution in [0.4, 0.5) is 10.5 Å². The molecule has 0 saturated carbocycles. The highest BCUT2D eigenvalue weighted by molar-refractivity contribution is 6.46. The van der Waals surface area contributed by atoms with Crippen molar-refractivity contribution in [1.82, 2.24) is 9.88 Å². The van der Waals surface area contributed by atoms with Gasteiger partial charge in [0.15, 0.2) is 0 Å². The van der Waals surface area contributed by atoms with E-state index in [-0.39, 0.29) is 27.3 Å². The van der Waals surface area contributed by atoms with E-state index in [9.17, 15) is 14.4 Å². The molecule has 28 heavy (non-hydrogen) atoms. The summed E-state index contributed by atoms with van der Waals surface area (Å²) in [6, 6.07) is 5.86. The van der Waals surface area contributed by atoms with Crippen molar-refractivity contribution in [2.45, 2.75) is 33.7 Å². The molecule has 0 spiro atoms. The fraction of sp³-hybridized carbons (Fsp3) is 0.250. The van der Waals surface area contributed by atoms with Crippen molar-refractivity contribution in [3.8, 4) is 0 Å². The first-order valence-corrected chi connectivity index (χ1v) is 9.43. The Morgan fingerprint density at radius 3 is 2.39 bits per heavy atom. The Bertz CT molecular complexity index is 1040. The number of amides is 4. The maximum Gasteiger partial charge on any atom is 0.336 e. The van der Waals surface area contributed by atoms with Crippen LogP contribution in [-0.2, 0) is 9.59 Å². The van der Waals surface area contributed by atoms with E-state index in [2.05, 4.69) is 23.7 Å². The van der Waals surface area contributed by atoms with Crippen molar-refractivity contribution in [2.75, 3.05) is 4.90 Å². The van der Waals surface area contributed by atoms with E-state index in [1.54, 1.807) is 12.1 Å². The van der Waals surface area contributed by atoms with Gasteiger partial charge in [-0.15, -0.1) is 0 Å². The topological polar surface area (TPSA) is 71.4 Å². The lowest BCUT2D eigenvalue weighted by molar-refractivity contribution is -0.122. The first kappa shape index (κ1) is 20.2. The lowest BCUT2D eigenvalue weighted by Gasteiger charge is -2.27. The number of aryl methyl sites for hydroxylation is 1. The highest BCUT2D eigenvalue weighted by Gasteiger charge is 2.38. The molecule has 4 amide bonds. The third kappa shape index (κ3) is 3.34. The molecule has 0 radical (unpaired) electrons. The zero-order valence-electron chi connectivity index (χ0n) is 15.8. The van der Waals surface area contributed by atoms with Crippen LogP contribution in [0.15, 0.2) is 29.8 Å². The van der Waals surface area contributed by atoms with Crippen molar-refractivity contribution in [1.29, 1.82) is 0 Å². The molecule has 2 aromatic rings. The molecule has 8 heteroatoms. The van der Waals surface area contributed by atoms with E-state index in [0.29, 0.717) is 0 Å². The fourth-order valence-electron chi connectivity index (χ4n) is 3.44. The monoisotopic (exact) mass is 419 g/mol. The number of halogens is 2. The average molecular weight is 420 g/mol. The van der Waals surface area contributed by atoms with Crippen LogP contribution in [0.2, 0.25) is 10.0 Å². The van der Waals surface area contributed by atoms with Gasteiger partial charge in [0.25, 0.3) is 11.8 Å². The normalized spacial score (nSPS) is 16.3. The van der Waals surface area contributed by atoms with E-state index in [1.807, 2.05) is 19.9 Å². The second-order valence-electron chi connectivity index (χ2n) is 6.82. The predicted molar refractivity (Wildman–Crippen MR) is 110 cm³/mol. The molecule has 1 aliphatic heterocycles. The van der Waals surface area contributed by atoms with Gasteiger partial charge in [-0.3, -0.25) is 14.9 Å². The summed E-state index contributed by atoms with van der Waals surface area (Å²) >= 11 is 12.2. The Kier molecular flexibility index (Phi) is 5.37. The van der Waals surface area contributed by atoms with Crippen molar-refractivity contribution in [3.05, 3.63) is 56.8 Å². The molecule has 0 bridgehead atoms. The molecule has 1 aromatic carbocycles. The summed E-state index contributed by atoms with van der Waals surface area (Å²) < 4.78 is 2.11. The molecule has 2 heterocycles. The van der Waals surface area contributed by atoms with Gasteiger partial charge in [0.2, 0.25) is 0 Å². The van der Waals surface area contributed by atoms with E-state index in [1.165, 1.54) is 12.1 Å². The number of aromatic nitrogens is 1. The first-order chi connectivity index (χ1) is 13.1. The standard InChI is InChI=1S/C20H19Cl2N3O3/c1-10(2)24-11(3)8-13(12(24)4)9-14-18(26)23-20(28)25(19(14)27)16-7-5-6-15(21)17(16)22/h5-10H,1-4H3,(H,23,26,28)/b14-9+. The molecular weight excluding hydrogens is 401 g/mol. The van der Waals surface area contributed by atoms with Gasteiger partial charge in [0, 0.05) is 17.4 Å². The summed E-state index contributed by atoms with van der Waals surface area (Å²) in [7, 11) is 0. The molecule has 1 saturated heterocycles. The van der Waals surface area contributed by atoms with E-state index < -0.39 is 17.8 Å². The zero-order valence-corrected chi connectivity index (χ0v) is 17.4. The minimum Gasteiger partial charge on any atom is -0.346 e. The average Bonchev–Trinajstić information content (AvgIpc) is 2.88. The predicted octanol–water partition coefficient (Wildman–Crippen LogP) is 4.66. The summed E-state index contributed by atoms with van der Waals surface area (Å²) in [5, 5.41) is 2.44. The Hall–Kier alpha value is -2.57. The number of carbonyl (C=O) groups excluding carboxylic acids is 3. The zero-order chi connectivity index (χ0) is 20.7. The summed E-state index contributed by atoms with van der Waals surface area (Å²) in [5.74, 6) is -1.51. The van der Waals surface area contributed by atoms with Gasteiger partial charge >= 0.3 is 6.03 Å². The molecule has 0 atom stereocenters. The minimum atomic E-state index is -0.871. The van der Waals surface area contributed by atoms with Crippen molar-refractivity contribution < 1.29 is 14.4 Å². The number of barbiturate groups is 1. The third-order valence-corrected chi connectivity index (χ3v) is 5.42. The van der Waals surface area contributed by atoms with Crippen LogP contribution in [0.25, 0.3) is 6.08 Å². The lowest BCUT2D eigenvalue weighted by Crippen LogP contribution is -2.54. The Morgan fingerprint density at radius 1 is 1.11 bits per heavy atom. The van der Waals surface area contributed by atoms with Crippen LogP contribution >= 0.6 is 23.2 Å². The second-order valence-corrected chi connectivity index (χ2v) is 7.61. The number of carbonyl (C=O) groups is 3. The maximum absolute atomic E-state index is 13.0. The number of nitrogens with zero attached hydrogens (tertiary/aromatic N) is 2. The van der Waals surface area contributed by atoms with Crippen LogP contribution in [0.5, 0.6) is 0 Å². The SMILES string of the molecule is Cc1cc(/C=C2\C(=O)NC(=O)N(c3cccc(Cl)c3Cl)C2=O)c(C)n1C(C)C. The number of imide groups is 2. The van der Waals surface area contributed by atoms with Crippen LogP contribution in [0, 0.1) is 13.8 Å². The number of nitrogens with one attached hydrogen (secondary N) is 1. The molecule has 146 valence electrons. The van der Waals surface area contributed by atoms with Crippen LogP contribution < -0.4 is 10.2 Å². The molecular formula is C20H19Cl2N3O3.